The third-order valence-electron chi connectivity index (χ3n) is 8.37. The van der Waals surface area contributed by atoms with Gasteiger partial charge in [0.2, 0.25) is 5.91 Å². The van der Waals surface area contributed by atoms with Crippen LogP contribution in [0.1, 0.15) is 67.3 Å². The molecule has 2 aliphatic heterocycles. The Hall–Kier alpha value is -2.81. The number of nitrogens with one attached hydrogen (secondary N) is 1. The first kappa shape index (κ1) is 26.8. The Morgan fingerprint density at radius 1 is 1.05 bits per heavy atom. The molecule has 8 nitrogen and oxygen atoms in total. The van der Waals surface area contributed by atoms with Gasteiger partial charge in [-0.25, -0.2) is 0 Å². The summed E-state index contributed by atoms with van der Waals surface area (Å²) in [6.07, 6.45) is 10.7. The second-order valence-corrected chi connectivity index (χ2v) is 11.1. The van der Waals surface area contributed by atoms with Gasteiger partial charge >= 0.3 is 0 Å². The van der Waals surface area contributed by atoms with E-state index in [0.717, 1.165) is 64.6 Å². The quantitative estimate of drug-likeness (QED) is 0.556. The molecule has 8 heteroatoms. The summed E-state index contributed by atoms with van der Waals surface area (Å²) in [5.74, 6) is -0.180. The van der Waals surface area contributed by atoms with E-state index in [1.807, 2.05) is 6.07 Å². The van der Waals surface area contributed by atoms with Crippen LogP contribution in [0.4, 0.5) is 0 Å². The second kappa shape index (κ2) is 12.8. The van der Waals surface area contributed by atoms with Crippen molar-refractivity contribution in [2.45, 2.75) is 88.2 Å². The van der Waals surface area contributed by atoms with E-state index in [-0.39, 0.29) is 36.0 Å². The number of likely N-dealkylation sites (tertiary alicyclic amines) is 1. The predicted octanol–water partition coefficient (Wildman–Crippen LogP) is 3.12. The third-order valence-corrected chi connectivity index (χ3v) is 8.37. The number of piperidine rings is 1. The molecule has 3 aliphatic rings. The monoisotopic (exact) mass is 519 g/mol. The molecular formula is C30H41N5O3. The van der Waals surface area contributed by atoms with E-state index in [9.17, 15) is 9.59 Å². The highest BCUT2D eigenvalue weighted by molar-refractivity contribution is 5.97. The Balaban J connectivity index is 1.35. The number of hydrogen-bond acceptors (Lipinski definition) is 6. The number of nitrogens with two attached hydrogens (primary N) is 1. The number of benzene rings is 1. The Kier molecular flexibility index (Phi) is 9.04. The van der Waals surface area contributed by atoms with E-state index >= 15 is 0 Å². The molecule has 0 spiro atoms. The van der Waals surface area contributed by atoms with Crippen molar-refractivity contribution in [3.05, 3.63) is 66.0 Å². The SMILES string of the molecule is NC1CCC(NC(=O)[C@H]2CC(N(Cc3ccccc3)CC3CCCO3)CCN2C(=O)c2cccnc2)CC1. The summed E-state index contributed by atoms with van der Waals surface area (Å²) in [7, 11) is 0. The highest BCUT2D eigenvalue weighted by atomic mass is 16.5. The molecule has 38 heavy (non-hydrogen) atoms. The smallest absolute Gasteiger partial charge is 0.256 e. The molecule has 2 aromatic rings. The fraction of sp³-hybridized carbons (Fsp3) is 0.567. The van der Waals surface area contributed by atoms with Gasteiger partial charge in [0.25, 0.3) is 5.91 Å². The lowest BCUT2D eigenvalue weighted by Gasteiger charge is -2.44. The van der Waals surface area contributed by atoms with Crippen LogP contribution in [0, 0.1) is 0 Å². The Labute approximate surface area is 225 Å². The maximum Gasteiger partial charge on any atom is 0.256 e. The van der Waals surface area contributed by atoms with Crippen molar-refractivity contribution in [1.29, 1.82) is 0 Å². The van der Waals surface area contributed by atoms with Gasteiger partial charge in [0.1, 0.15) is 6.04 Å². The average molecular weight is 520 g/mol. The Morgan fingerprint density at radius 3 is 2.58 bits per heavy atom. The third kappa shape index (κ3) is 6.79. The average Bonchev–Trinajstić information content (AvgIpc) is 3.47. The predicted molar refractivity (Wildman–Crippen MR) is 146 cm³/mol. The molecule has 1 aliphatic carbocycles. The number of carbonyl (C=O) groups is 2. The first-order chi connectivity index (χ1) is 18.6. The number of nitrogens with zero attached hydrogens (tertiary/aromatic N) is 3. The van der Waals surface area contributed by atoms with Crippen LogP contribution in [0.15, 0.2) is 54.9 Å². The first-order valence-corrected chi connectivity index (χ1v) is 14.2. The number of rotatable bonds is 8. The molecule has 5 rings (SSSR count). The molecule has 2 amide bonds. The van der Waals surface area contributed by atoms with Crippen molar-refractivity contribution in [2.75, 3.05) is 19.7 Å². The van der Waals surface area contributed by atoms with E-state index < -0.39 is 6.04 Å². The standard InChI is InChI=1S/C30H41N5O3/c31-24-10-12-25(13-11-24)33-29(36)28-18-26(14-16-35(28)30(37)23-8-4-15-32-19-23)34(21-27-9-5-17-38-27)20-22-6-2-1-3-7-22/h1-4,6-8,15,19,24-28H,5,9-14,16-18,20-21,31H2,(H,33,36)/t24?,25?,26?,27?,28-/m1/s1. The number of aromatic nitrogens is 1. The lowest BCUT2D eigenvalue weighted by molar-refractivity contribution is -0.128. The van der Waals surface area contributed by atoms with Crippen LogP contribution in [0.25, 0.3) is 0 Å². The molecule has 2 unspecified atom stereocenters. The van der Waals surface area contributed by atoms with E-state index in [0.29, 0.717) is 18.5 Å². The zero-order valence-electron chi connectivity index (χ0n) is 22.2. The van der Waals surface area contributed by atoms with Gasteiger partial charge in [-0.2, -0.15) is 0 Å². The van der Waals surface area contributed by atoms with Gasteiger partial charge in [-0.15, -0.1) is 0 Å². The van der Waals surface area contributed by atoms with Crippen molar-refractivity contribution < 1.29 is 14.3 Å². The highest BCUT2D eigenvalue weighted by Gasteiger charge is 2.40. The molecule has 1 saturated carbocycles. The maximum atomic E-state index is 13.8. The van der Waals surface area contributed by atoms with Crippen molar-refractivity contribution in [3.8, 4) is 0 Å². The normalized spacial score (nSPS) is 27.8. The van der Waals surface area contributed by atoms with Crippen LogP contribution in [0.5, 0.6) is 0 Å². The summed E-state index contributed by atoms with van der Waals surface area (Å²) < 4.78 is 6.01. The molecule has 1 aromatic heterocycles. The summed E-state index contributed by atoms with van der Waals surface area (Å²) in [5, 5.41) is 3.28. The topological polar surface area (TPSA) is 101 Å². The number of pyridine rings is 1. The lowest BCUT2D eigenvalue weighted by atomic mass is 9.90. The molecule has 2 saturated heterocycles. The summed E-state index contributed by atoms with van der Waals surface area (Å²) in [6, 6.07) is 14.0. The maximum absolute atomic E-state index is 13.8. The van der Waals surface area contributed by atoms with Crippen LogP contribution in [0.2, 0.25) is 0 Å². The fourth-order valence-corrected chi connectivity index (χ4v) is 6.20. The highest BCUT2D eigenvalue weighted by Crippen LogP contribution is 2.28. The van der Waals surface area contributed by atoms with Crippen molar-refractivity contribution in [3.63, 3.8) is 0 Å². The molecule has 0 bridgehead atoms. The van der Waals surface area contributed by atoms with Gasteiger partial charge in [0.15, 0.2) is 0 Å². The summed E-state index contributed by atoms with van der Waals surface area (Å²) >= 11 is 0. The van der Waals surface area contributed by atoms with Crippen molar-refractivity contribution in [1.82, 2.24) is 20.1 Å². The minimum absolute atomic E-state index is 0.0517. The summed E-state index contributed by atoms with van der Waals surface area (Å²) in [5.41, 5.74) is 7.86. The van der Waals surface area contributed by atoms with Crippen LogP contribution in [0.3, 0.4) is 0 Å². The summed E-state index contributed by atoms with van der Waals surface area (Å²) in [6.45, 7) is 2.99. The van der Waals surface area contributed by atoms with Crippen LogP contribution >= 0.6 is 0 Å². The van der Waals surface area contributed by atoms with Crippen LogP contribution in [-0.4, -0.2) is 76.6 Å². The minimum atomic E-state index is -0.528. The largest absolute Gasteiger partial charge is 0.377 e. The number of carbonyl (C=O) groups excluding carboxylic acids is 2. The molecule has 3 heterocycles. The molecule has 0 radical (unpaired) electrons. The van der Waals surface area contributed by atoms with Gasteiger partial charge in [-0.1, -0.05) is 30.3 Å². The molecule has 3 N–H and O–H groups in total. The Bertz CT molecular complexity index is 1040. The van der Waals surface area contributed by atoms with E-state index in [4.69, 9.17) is 10.5 Å². The number of ether oxygens (including phenoxy) is 1. The van der Waals surface area contributed by atoms with Crippen molar-refractivity contribution >= 4 is 11.8 Å². The van der Waals surface area contributed by atoms with Crippen LogP contribution in [-0.2, 0) is 16.1 Å². The second-order valence-electron chi connectivity index (χ2n) is 11.1. The molecule has 204 valence electrons. The summed E-state index contributed by atoms with van der Waals surface area (Å²) in [4.78, 5) is 35.7. The molecular weight excluding hydrogens is 478 g/mol. The number of amides is 2. The lowest BCUT2D eigenvalue weighted by Crippen LogP contribution is -2.59. The zero-order valence-corrected chi connectivity index (χ0v) is 22.2. The van der Waals surface area contributed by atoms with E-state index in [1.165, 1.54) is 5.56 Å². The van der Waals surface area contributed by atoms with E-state index in [2.05, 4.69) is 39.5 Å². The van der Waals surface area contributed by atoms with Gasteiger partial charge in [-0.3, -0.25) is 19.5 Å². The van der Waals surface area contributed by atoms with Crippen molar-refractivity contribution in [2.24, 2.45) is 5.73 Å². The first-order valence-electron chi connectivity index (χ1n) is 14.2. The minimum Gasteiger partial charge on any atom is -0.377 e. The van der Waals surface area contributed by atoms with Gasteiger partial charge < -0.3 is 20.7 Å². The van der Waals surface area contributed by atoms with Crippen LogP contribution < -0.4 is 11.1 Å². The van der Waals surface area contributed by atoms with Gasteiger partial charge in [-0.05, 0) is 69.1 Å². The van der Waals surface area contributed by atoms with E-state index in [1.54, 1.807) is 29.4 Å². The Morgan fingerprint density at radius 2 is 1.87 bits per heavy atom. The van der Waals surface area contributed by atoms with Gasteiger partial charge in [0, 0.05) is 56.8 Å². The molecule has 3 atom stereocenters. The number of hydrogen-bond donors (Lipinski definition) is 2. The molecule has 1 aromatic carbocycles. The van der Waals surface area contributed by atoms with Gasteiger partial charge in [0.05, 0.1) is 11.7 Å². The fourth-order valence-electron chi connectivity index (χ4n) is 6.20. The molecule has 3 fully saturated rings. The zero-order chi connectivity index (χ0) is 26.3.